The molecule has 5 nitrogen and oxygen atoms in total. The number of nitrogens with two attached hydrogens (primary N) is 2. The Hall–Kier alpha value is -2.66. The third-order valence-electron chi connectivity index (χ3n) is 3.20. The minimum absolute atomic E-state index is 0.324. The number of benzene rings is 2. The molecule has 0 bridgehead atoms. The van der Waals surface area contributed by atoms with Gasteiger partial charge >= 0.3 is 0 Å². The van der Waals surface area contributed by atoms with E-state index >= 15 is 0 Å². The molecule has 0 aliphatic heterocycles. The fourth-order valence-corrected chi connectivity index (χ4v) is 2.14. The van der Waals surface area contributed by atoms with E-state index in [4.69, 9.17) is 16.0 Å². The molecule has 0 radical (unpaired) electrons. The monoisotopic (exact) mass is 280 g/mol. The Morgan fingerprint density at radius 1 is 1.05 bits per heavy atom. The van der Waals surface area contributed by atoms with Gasteiger partial charge in [-0.05, 0) is 24.1 Å². The summed E-state index contributed by atoms with van der Waals surface area (Å²) in [6.07, 6.45) is 0.652. The van der Waals surface area contributed by atoms with Gasteiger partial charge in [0.15, 0.2) is 0 Å². The molecule has 106 valence electrons. The van der Waals surface area contributed by atoms with Crippen LogP contribution in [0.15, 0.2) is 59.1 Å². The van der Waals surface area contributed by atoms with Crippen LogP contribution < -0.4 is 11.5 Å². The maximum atomic E-state index is 6.13. The van der Waals surface area contributed by atoms with Crippen LogP contribution in [0, 0.1) is 0 Å². The van der Waals surface area contributed by atoms with Crippen LogP contribution >= 0.6 is 0 Å². The molecular formula is C16H16N4O. The standard InChI is InChI=1S/C16H16N4O/c17-13-8-4-7-12(10-13)15-19-16(21-20-15)14(18)9-11-5-2-1-3-6-11/h1-8,10,14H,9,17-18H2/t14-/m1/s1. The van der Waals surface area contributed by atoms with E-state index in [0.29, 0.717) is 23.8 Å². The highest BCUT2D eigenvalue weighted by Gasteiger charge is 2.16. The highest BCUT2D eigenvalue weighted by molar-refractivity contribution is 5.60. The molecule has 1 atom stereocenters. The minimum atomic E-state index is -0.324. The molecule has 0 saturated carbocycles. The van der Waals surface area contributed by atoms with Gasteiger partial charge < -0.3 is 16.0 Å². The lowest BCUT2D eigenvalue weighted by atomic mass is 10.1. The van der Waals surface area contributed by atoms with Gasteiger partial charge in [0.05, 0.1) is 6.04 Å². The van der Waals surface area contributed by atoms with Crippen molar-refractivity contribution in [3.63, 3.8) is 0 Å². The highest BCUT2D eigenvalue weighted by atomic mass is 16.5. The van der Waals surface area contributed by atoms with Crippen molar-refractivity contribution < 1.29 is 4.52 Å². The molecule has 0 saturated heterocycles. The van der Waals surface area contributed by atoms with E-state index in [0.717, 1.165) is 11.1 Å². The summed E-state index contributed by atoms with van der Waals surface area (Å²) in [5.41, 5.74) is 14.5. The Kier molecular flexibility index (Phi) is 3.66. The molecular weight excluding hydrogens is 264 g/mol. The second kappa shape index (κ2) is 5.76. The molecule has 0 unspecified atom stereocenters. The van der Waals surface area contributed by atoms with Gasteiger partial charge in [0.25, 0.3) is 0 Å². The number of aromatic nitrogens is 2. The number of nitrogen functional groups attached to an aromatic ring is 1. The molecule has 5 heteroatoms. The zero-order chi connectivity index (χ0) is 14.7. The van der Waals surface area contributed by atoms with Crippen molar-refractivity contribution >= 4 is 5.69 Å². The predicted molar refractivity (Wildman–Crippen MR) is 81.2 cm³/mol. The van der Waals surface area contributed by atoms with E-state index in [9.17, 15) is 0 Å². The average Bonchev–Trinajstić information content (AvgIpc) is 2.98. The Bertz CT molecular complexity index is 724. The molecule has 3 rings (SSSR count). The zero-order valence-corrected chi connectivity index (χ0v) is 11.4. The van der Waals surface area contributed by atoms with Gasteiger partial charge in [-0.2, -0.15) is 4.98 Å². The minimum Gasteiger partial charge on any atom is -0.399 e. The number of hydrogen-bond donors (Lipinski definition) is 2. The van der Waals surface area contributed by atoms with Crippen molar-refractivity contribution in [1.82, 2.24) is 10.1 Å². The van der Waals surface area contributed by atoms with Crippen molar-refractivity contribution in [2.24, 2.45) is 5.73 Å². The topological polar surface area (TPSA) is 91.0 Å². The van der Waals surface area contributed by atoms with Crippen molar-refractivity contribution in [3.8, 4) is 11.4 Å². The van der Waals surface area contributed by atoms with Crippen molar-refractivity contribution in [2.45, 2.75) is 12.5 Å². The van der Waals surface area contributed by atoms with Crippen LogP contribution in [-0.4, -0.2) is 10.1 Å². The zero-order valence-electron chi connectivity index (χ0n) is 11.4. The average molecular weight is 280 g/mol. The first kappa shape index (κ1) is 13.3. The van der Waals surface area contributed by atoms with Crippen LogP contribution in [0.3, 0.4) is 0 Å². The molecule has 3 aromatic rings. The third kappa shape index (κ3) is 3.09. The molecule has 1 aromatic heterocycles. The first-order chi connectivity index (χ1) is 10.2. The summed E-state index contributed by atoms with van der Waals surface area (Å²) in [5, 5.41) is 3.97. The summed E-state index contributed by atoms with van der Waals surface area (Å²) in [4.78, 5) is 4.36. The summed E-state index contributed by atoms with van der Waals surface area (Å²) >= 11 is 0. The summed E-state index contributed by atoms with van der Waals surface area (Å²) in [7, 11) is 0. The maximum absolute atomic E-state index is 6.13. The lowest BCUT2D eigenvalue weighted by Crippen LogP contribution is -2.13. The summed E-state index contributed by atoms with van der Waals surface area (Å²) < 4.78 is 5.27. The Balaban J connectivity index is 1.78. The van der Waals surface area contributed by atoms with Crippen LogP contribution in [-0.2, 0) is 6.42 Å². The first-order valence-corrected chi connectivity index (χ1v) is 6.71. The number of nitrogens with zero attached hydrogens (tertiary/aromatic N) is 2. The molecule has 1 heterocycles. The predicted octanol–water partition coefficient (Wildman–Crippen LogP) is 2.56. The first-order valence-electron chi connectivity index (χ1n) is 6.71. The van der Waals surface area contributed by atoms with Gasteiger partial charge in [0.1, 0.15) is 0 Å². The quantitative estimate of drug-likeness (QED) is 0.717. The van der Waals surface area contributed by atoms with E-state index in [1.54, 1.807) is 6.07 Å². The number of anilines is 1. The van der Waals surface area contributed by atoms with E-state index in [2.05, 4.69) is 10.1 Å². The van der Waals surface area contributed by atoms with Gasteiger partial charge in [-0.3, -0.25) is 0 Å². The van der Waals surface area contributed by atoms with Crippen LogP contribution in [0.5, 0.6) is 0 Å². The number of rotatable bonds is 4. The molecule has 0 aliphatic carbocycles. The van der Waals surface area contributed by atoms with Crippen molar-refractivity contribution in [1.29, 1.82) is 0 Å². The number of hydrogen-bond acceptors (Lipinski definition) is 5. The molecule has 0 amide bonds. The third-order valence-corrected chi connectivity index (χ3v) is 3.20. The van der Waals surface area contributed by atoms with Gasteiger partial charge in [0.2, 0.25) is 11.7 Å². The van der Waals surface area contributed by atoms with Gasteiger partial charge in [-0.1, -0.05) is 47.6 Å². The molecule has 0 spiro atoms. The second-order valence-electron chi connectivity index (χ2n) is 4.88. The van der Waals surface area contributed by atoms with E-state index < -0.39 is 0 Å². The van der Waals surface area contributed by atoms with E-state index in [1.807, 2.05) is 48.5 Å². The molecule has 4 N–H and O–H groups in total. The lowest BCUT2D eigenvalue weighted by molar-refractivity contribution is 0.354. The van der Waals surface area contributed by atoms with Crippen LogP contribution in [0.25, 0.3) is 11.4 Å². The normalized spacial score (nSPS) is 12.2. The fourth-order valence-electron chi connectivity index (χ4n) is 2.14. The Morgan fingerprint density at radius 2 is 1.86 bits per heavy atom. The highest BCUT2D eigenvalue weighted by Crippen LogP contribution is 2.21. The van der Waals surface area contributed by atoms with Crippen LogP contribution in [0.1, 0.15) is 17.5 Å². The molecule has 0 fully saturated rings. The summed E-state index contributed by atoms with van der Waals surface area (Å²) in [5.74, 6) is 0.928. The van der Waals surface area contributed by atoms with Crippen molar-refractivity contribution in [2.75, 3.05) is 5.73 Å². The SMILES string of the molecule is Nc1cccc(-c2noc([C@H](N)Cc3ccccc3)n2)c1. The molecule has 2 aromatic carbocycles. The Morgan fingerprint density at radius 3 is 2.62 bits per heavy atom. The largest absolute Gasteiger partial charge is 0.399 e. The maximum Gasteiger partial charge on any atom is 0.244 e. The van der Waals surface area contributed by atoms with Crippen LogP contribution in [0.4, 0.5) is 5.69 Å². The Labute approximate surface area is 122 Å². The van der Waals surface area contributed by atoms with Gasteiger partial charge in [-0.15, -0.1) is 0 Å². The smallest absolute Gasteiger partial charge is 0.244 e. The fraction of sp³-hybridized carbons (Fsp3) is 0.125. The lowest BCUT2D eigenvalue weighted by Gasteiger charge is -2.05. The van der Waals surface area contributed by atoms with Crippen molar-refractivity contribution in [3.05, 3.63) is 66.1 Å². The molecule has 0 aliphatic rings. The molecule has 21 heavy (non-hydrogen) atoms. The van der Waals surface area contributed by atoms with Gasteiger partial charge in [0, 0.05) is 11.3 Å². The van der Waals surface area contributed by atoms with Crippen LogP contribution in [0.2, 0.25) is 0 Å². The van der Waals surface area contributed by atoms with E-state index in [1.165, 1.54) is 0 Å². The summed E-state index contributed by atoms with van der Waals surface area (Å²) in [6.45, 7) is 0. The second-order valence-corrected chi connectivity index (χ2v) is 4.88. The summed E-state index contributed by atoms with van der Waals surface area (Å²) in [6, 6.07) is 17.0. The van der Waals surface area contributed by atoms with Gasteiger partial charge in [-0.25, -0.2) is 0 Å². The van der Waals surface area contributed by atoms with E-state index in [-0.39, 0.29) is 6.04 Å².